The first-order chi connectivity index (χ1) is 12.7. The Labute approximate surface area is 155 Å². The molecule has 0 aliphatic carbocycles. The molecule has 0 spiro atoms. The minimum Gasteiger partial charge on any atom is -0.329 e. The van der Waals surface area contributed by atoms with Crippen molar-refractivity contribution in [1.29, 1.82) is 0 Å². The lowest BCUT2D eigenvalue weighted by Crippen LogP contribution is -2.19. The van der Waals surface area contributed by atoms with E-state index in [1.54, 1.807) is 25.2 Å². The average molecular weight is 372 g/mol. The molecule has 7 heteroatoms. The van der Waals surface area contributed by atoms with E-state index >= 15 is 0 Å². The molecule has 0 saturated heterocycles. The Morgan fingerprint density at radius 1 is 0.963 bits per heavy atom. The van der Waals surface area contributed by atoms with Crippen LogP contribution in [0, 0.1) is 13.8 Å². The molecule has 140 valence electrons. The Kier molecular flexibility index (Phi) is 5.03. The van der Waals surface area contributed by atoms with E-state index in [1.807, 2.05) is 44.2 Å². The Morgan fingerprint density at radius 3 is 2.30 bits per heavy atom. The van der Waals surface area contributed by atoms with E-state index in [2.05, 4.69) is 15.3 Å². The third kappa shape index (κ3) is 4.36. The normalized spacial score (nSPS) is 11.3. The molecule has 2 aromatic carbocycles. The second-order valence-electron chi connectivity index (χ2n) is 6.32. The highest BCUT2D eigenvalue weighted by Gasteiger charge is 2.36. The van der Waals surface area contributed by atoms with Crippen LogP contribution in [0.15, 0.2) is 54.7 Å². The summed E-state index contributed by atoms with van der Waals surface area (Å²) in [6, 6.07) is 14.6. The number of hydrogen-bond acceptors (Lipinski definition) is 4. The van der Waals surface area contributed by atoms with Crippen molar-refractivity contribution in [3.8, 4) is 0 Å². The van der Waals surface area contributed by atoms with Crippen LogP contribution in [0.2, 0.25) is 0 Å². The summed E-state index contributed by atoms with van der Waals surface area (Å²) < 4.78 is 40.4. The second-order valence-corrected chi connectivity index (χ2v) is 6.32. The van der Waals surface area contributed by atoms with Crippen LogP contribution in [0.1, 0.15) is 16.7 Å². The van der Waals surface area contributed by atoms with Crippen LogP contribution in [0.5, 0.6) is 0 Å². The predicted octanol–water partition coefficient (Wildman–Crippen LogP) is 5.62. The summed E-state index contributed by atoms with van der Waals surface area (Å²) in [5.74, 6) is -0.112. The minimum absolute atomic E-state index is 0.0996. The zero-order valence-electron chi connectivity index (χ0n) is 15.2. The molecular weight excluding hydrogens is 353 g/mol. The number of halogens is 3. The molecule has 0 fully saturated rings. The van der Waals surface area contributed by atoms with E-state index in [4.69, 9.17) is 0 Å². The smallest absolute Gasteiger partial charge is 0.329 e. The summed E-state index contributed by atoms with van der Waals surface area (Å²) in [6.07, 6.45) is -3.75. The number of aromatic nitrogens is 2. The third-order valence-corrected chi connectivity index (χ3v) is 4.09. The van der Waals surface area contributed by atoms with Crippen molar-refractivity contribution >= 4 is 23.1 Å². The predicted molar refractivity (Wildman–Crippen MR) is 101 cm³/mol. The van der Waals surface area contributed by atoms with E-state index in [0.717, 1.165) is 17.3 Å². The minimum atomic E-state index is -4.56. The topological polar surface area (TPSA) is 41.1 Å². The first-order valence-corrected chi connectivity index (χ1v) is 8.32. The van der Waals surface area contributed by atoms with Crippen molar-refractivity contribution in [2.45, 2.75) is 20.0 Å². The fourth-order valence-electron chi connectivity index (χ4n) is 2.63. The molecule has 1 heterocycles. The lowest BCUT2D eigenvalue weighted by atomic mass is 10.2. The van der Waals surface area contributed by atoms with Crippen LogP contribution >= 0.6 is 0 Å². The number of nitrogens with zero attached hydrogens (tertiary/aromatic N) is 3. The number of aryl methyl sites for hydroxylation is 2. The summed E-state index contributed by atoms with van der Waals surface area (Å²) in [7, 11) is 1.55. The monoisotopic (exact) mass is 372 g/mol. The number of anilines is 4. The van der Waals surface area contributed by atoms with Gasteiger partial charge in [-0.2, -0.15) is 18.2 Å². The van der Waals surface area contributed by atoms with Gasteiger partial charge in [0.25, 0.3) is 0 Å². The van der Waals surface area contributed by atoms with Crippen molar-refractivity contribution in [2.75, 3.05) is 17.3 Å². The zero-order valence-corrected chi connectivity index (χ0v) is 15.2. The van der Waals surface area contributed by atoms with Gasteiger partial charge < -0.3 is 10.2 Å². The number of rotatable bonds is 4. The molecule has 0 saturated carbocycles. The second kappa shape index (κ2) is 7.26. The molecule has 0 amide bonds. The maximum Gasteiger partial charge on any atom is 0.421 e. The lowest BCUT2D eigenvalue weighted by Gasteiger charge is -2.23. The van der Waals surface area contributed by atoms with Crippen LogP contribution < -0.4 is 10.2 Å². The van der Waals surface area contributed by atoms with Crippen molar-refractivity contribution in [1.82, 2.24) is 9.97 Å². The highest BCUT2D eigenvalue weighted by molar-refractivity contribution is 5.65. The maximum absolute atomic E-state index is 13.5. The molecule has 4 nitrogen and oxygen atoms in total. The van der Waals surface area contributed by atoms with Crippen molar-refractivity contribution < 1.29 is 13.2 Å². The molecule has 3 rings (SSSR count). The highest BCUT2D eigenvalue weighted by atomic mass is 19.4. The molecule has 0 bridgehead atoms. The number of nitrogens with one attached hydrogen (secondary N) is 1. The van der Waals surface area contributed by atoms with Gasteiger partial charge in [0, 0.05) is 24.6 Å². The number of alkyl halides is 3. The summed E-state index contributed by atoms with van der Waals surface area (Å²) in [6.45, 7) is 3.84. The SMILES string of the molecule is Cc1ccc(N(C)c2nc(Nc3cccc(C)c3)ncc2C(F)(F)F)cc1. The molecule has 1 aromatic heterocycles. The fourth-order valence-corrected chi connectivity index (χ4v) is 2.63. The van der Waals surface area contributed by atoms with E-state index in [-0.39, 0.29) is 11.8 Å². The van der Waals surface area contributed by atoms with Gasteiger partial charge in [-0.05, 0) is 43.7 Å². The summed E-state index contributed by atoms with van der Waals surface area (Å²) >= 11 is 0. The van der Waals surface area contributed by atoms with E-state index in [0.29, 0.717) is 11.4 Å². The van der Waals surface area contributed by atoms with Gasteiger partial charge in [0.15, 0.2) is 5.82 Å². The van der Waals surface area contributed by atoms with Crippen LogP contribution in [0.4, 0.5) is 36.3 Å². The zero-order chi connectivity index (χ0) is 19.6. The van der Waals surface area contributed by atoms with E-state index in [9.17, 15) is 13.2 Å². The summed E-state index contributed by atoms with van der Waals surface area (Å²) in [5, 5.41) is 2.96. The fraction of sp³-hybridized carbons (Fsp3) is 0.200. The molecule has 1 N–H and O–H groups in total. The molecule has 0 unspecified atom stereocenters. The quantitative estimate of drug-likeness (QED) is 0.645. The van der Waals surface area contributed by atoms with Gasteiger partial charge in [-0.25, -0.2) is 4.98 Å². The van der Waals surface area contributed by atoms with Gasteiger partial charge in [0.1, 0.15) is 5.56 Å². The lowest BCUT2D eigenvalue weighted by molar-refractivity contribution is -0.137. The largest absolute Gasteiger partial charge is 0.421 e. The Hall–Kier alpha value is -3.09. The Balaban J connectivity index is 2.02. The standard InChI is InChI=1S/C20H19F3N4/c1-13-7-9-16(10-8-13)27(3)18-17(20(21,22)23)12-24-19(26-18)25-15-6-4-5-14(2)11-15/h4-12H,1-3H3,(H,24,25,26). The van der Waals surface area contributed by atoms with Gasteiger partial charge in [-0.1, -0.05) is 29.8 Å². The average Bonchev–Trinajstić information content (AvgIpc) is 2.61. The van der Waals surface area contributed by atoms with Crippen LogP contribution in [-0.2, 0) is 6.18 Å². The van der Waals surface area contributed by atoms with E-state index in [1.165, 1.54) is 4.90 Å². The molecule has 0 aliphatic heterocycles. The van der Waals surface area contributed by atoms with Crippen molar-refractivity contribution in [3.63, 3.8) is 0 Å². The third-order valence-electron chi connectivity index (χ3n) is 4.09. The first kappa shape index (κ1) is 18.7. The van der Waals surface area contributed by atoms with Crippen molar-refractivity contribution in [3.05, 3.63) is 71.4 Å². The maximum atomic E-state index is 13.5. The van der Waals surface area contributed by atoms with Gasteiger partial charge >= 0.3 is 6.18 Å². The van der Waals surface area contributed by atoms with E-state index < -0.39 is 11.7 Å². The number of benzene rings is 2. The molecule has 0 aliphatic rings. The van der Waals surface area contributed by atoms with Crippen molar-refractivity contribution in [2.24, 2.45) is 0 Å². The number of hydrogen-bond donors (Lipinski definition) is 1. The Morgan fingerprint density at radius 2 is 1.67 bits per heavy atom. The highest BCUT2D eigenvalue weighted by Crippen LogP contribution is 2.37. The van der Waals surface area contributed by atoms with Crippen LogP contribution in [0.25, 0.3) is 0 Å². The van der Waals surface area contributed by atoms with Gasteiger partial charge in [0.05, 0.1) is 0 Å². The summed E-state index contributed by atoms with van der Waals surface area (Å²) in [5.41, 5.74) is 2.46. The molecular formula is C20H19F3N4. The van der Waals surface area contributed by atoms with Gasteiger partial charge in [-0.3, -0.25) is 0 Å². The molecule has 0 radical (unpaired) electrons. The summed E-state index contributed by atoms with van der Waals surface area (Å²) in [4.78, 5) is 9.41. The van der Waals surface area contributed by atoms with Crippen LogP contribution in [-0.4, -0.2) is 17.0 Å². The van der Waals surface area contributed by atoms with Gasteiger partial charge in [-0.15, -0.1) is 0 Å². The molecule has 27 heavy (non-hydrogen) atoms. The molecule has 3 aromatic rings. The van der Waals surface area contributed by atoms with Gasteiger partial charge in [0.2, 0.25) is 5.95 Å². The first-order valence-electron chi connectivity index (χ1n) is 8.32. The Bertz CT molecular complexity index is 937. The van der Waals surface area contributed by atoms with Crippen LogP contribution in [0.3, 0.4) is 0 Å². The molecule has 0 atom stereocenters.